The molecule has 0 radical (unpaired) electrons. The van der Waals surface area contributed by atoms with Crippen molar-refractivity contribution >= 4 is 23.4 Å². The van der Waals surface area contributed by atoms with E-state index in [1.54, 1.807) is 36.5 Å². The van der Waals surface area contributed by atoms with Gasteiger partial charge >= 0.3 is 0 Å². The summed E-state index contributed by atoms with van der Waals surface area (Å²) in [5, 5.41) is 0.438. The van der Waals surface area contributed by atoms with Crippen LogP contribution in [0, 0.1) is 0 Å². The van der Waals surface area contributed by atoms with Crippen LogP contribution in [-0.2, 0) is 6.42 Å². The molecule has 0 bridgehead atoms. The van der Waals surface area contributed by atoms with Gasteiger partial charge in [0.2, 0.25) is 0 Å². The number of hydrogen-bond acceptors (Lipinski definition) is 4. The first-order valence-corrected chi connectivity index (χ1v) is 7.75. The van der Waals surface area contributed by atoms with Crippen molar-refractivity contribution in [2.75, 3.05) is 6.54 Å². The number of benzene rings is 1. The van der Waals surface area contributed by atoms with Crippen LogP contribution in [0.5, 0.6) is 0 Å². The Morgan fingerprint density at radius 1 is 1.09 bits per heavy atom. The topological polar surface area (TPSA) is 76.3 Å². The van der Waals surface area contributed by atoms with Gasteiger partial charge in [0.05, 0.1) is 11.1 Å². The summed E-state index contributed by atoms with van der Waals surface area (Å²) in [5.74, 6) is -0.489. The maximum Gasteiger partial charge on any atom is 0.261 e. The van der Waals surface area contributed by atoms with Gasteiger partial charge in [-0.2, -0.15) is 0 Å². The lowest BCUT2D eigenvalue weighted by molar-refractivity contribution is 0.0650. The highest BCUT2D eigenvalue weighted by Crippen LogP contribution is 2.22. The monoisotopic (exact) mass is 329 g/mol. The number of carbonyl (C=O) groups excluding carboxylic acids is 2. The third-order valence-electron chi connectivity index (χ3n) is 3.89. The minimum atomic E-state index is -0.244. The second kappa shape index (κ2) is 6.48. The van der Waals surface area contributed by atoms with Crippen LogP contribution in [0.1, 0.15) is 32.7 Å². The molecule has 6 heteroatoms. The molecule has 2 amide bonds. The van der Waals surface area contributed by atoms with Crippen molar-refractivity contribution in [3.63, 3.8) is 0 Å². The van der Waals surface area contributed by atoms with Gasteiger partial charge in [0.15, 0.2) is 0 Å². The van der Waals surface area contributed by atoms with Gasteiger partial charge in [-0.3, -0.25) is 14.5 Å². The first kappa shape index (κ1) is 15.6. The molecule has 1 unspecified atom stereocenters. The Labute approximate surface area is 139 Å². The number of rotatable bonds is 5. The van der Waals surface area contributed by atoms with E-state index < -0.39 is 0 Å². The molecule has 3 rings (SSSR count). The normalized spacial score (nSPS) is 15.0. The fourth-order valence-corrected chi connectivity index (χ4v) is 2.78. The standard InChI is InChI=1S/C17H16ClN3O2/c18-15-6-5-11(10-20-15)9-12(19)7-8-21-16(22)13-3-1-2-4-14(13)17(21)23/h1-6,10,12H,7-9,19H2. The molecule has 1 aromatic heterocycles. The lowest BCUT2D eigenvalue weighted by Crippen LogP contribution is -2.35. The van der Waals surface area contributed by atoms with E-state index in [-0.39, 0.29) is 17.9 Å². The zero-order valence-electron chi connectivity index (χ0n) is 12.4. The summed E-state index contributed by atoms with van der Waals surface area (Å²) in [6, 6.07) is 10.3. The molecule has 0 aliphatic carbocycles. The highest BCUT2D eigenvalue weighted by molar-refractivity contribution is 6.29. The molecule has 2 N–H and O–H groups in total. The highest BCUT2D eigenvalue weighted by atomic mass is 35.5. The van der Waals surface area contributed by atoms with E-state index in [1.165, 1.54) is 4.90 Å². The third kappa shape index (κ3) is 3.25. The second-order valence-corrected chi connectivity index (χ2v) is 5.94. The van der Waals surface area contributed by atoms with Crippen LogP contribution in [0.3, 0.4) is 0 Å². The third-order valence-corrected chi connectivity index (χ3v) is 4.11. The summed E-state index contributed by atoms with van der Waals surface area (Å²) in [5.41, 5.74) is 8.02. The molecular weight excluding hydrogens is 314 g/mol. The van der Waals surface area contributed by atoms with E-state index in [0.717, 1.165) is 5.56 Å². The zero-order valence-corrected chi connectivity index (χ0v) is 13.2. The highest BCUT2D eigenvalue weighted by Gasteiger charge is 2.34. The van der Waals surface area contributed by atoms with Crippen LogP contribution < -0.4 is 5.73 Å². The number of hydrogen-bond donors (Lipinski definition) is 1. The second-order valence-electron chi connectivity index (χ2n) is 5.55. The average molecular weight is 330 g/mol. The first-order chi connectivity index (χ1) is 11.1. The van der Waals surface area contributed by atoms with Gasteiger partial charge in [-0.1, -0.05) is 29.8 Å². The van der Waals surface area contributed by atoms with E-state index in [9.17, 15) is 9.59 Å². The Hall–Kier alpha value is -2.24. The number of pyridine rings is 1. The van der Waals surface area contributed by atoms with Gasteiger partial charge in [-0.15, -0.1) is 0 Å². The maximum absolute atomic E-state index is 12.3. The lowest BCUT2D eigenvalue weighted by atomic mass is 10.1. The number of halogens is 1. The Morgan fingerprint density at radius 2 is 1.74 bits per heavy atom. The van der Waals surface area contributed by atoms with E-state index in [2.05, 4.69) is 4.98 Å². The molecule has 0 saturated heterocycles. The number of aromatic nitrogens is 1. The van der Waals surface area contributed by atoms with Gasteiger partial charge in [0.1, 0.15) is 5.15 Å². The lowest BCUT2D eigenvalue weighted by Gasteiger charge is -2.17. The van der Waals surface area contributed by atoms with Gasteiger partial charge in [-0.25, -0.2) is 4.98 Å². The van der Waals surface area contributed by atoms with Gasteiger partial charge < -0.3 is 5.73 Å². The van der Waals surface area contributed by atoms with Crippen molar-refractivity contribution in [2.45, 2.75) is 18.9 Å². The van der Waals surface area contributed by atoms with Crippen LogP contribution in [0.4, 0.5) is 0 Å². The molecule has 1 aromatic carbocycles. The fourth-order valence-electron chi connectivity index (χ4n) is 2.67. The molecule has 2 aromatic rings. The molecule has 1 aliphatic rings. The van der Waals surface area contributed by atoms with Crippen LogP contribution in [-0.4, -0.2) is 34.3 Å². The molecule has 118 valence electrons. The largest absolute Gasteiger partial charge is 0.327 e. The van der Waals surface area contributed by atoms with Crippen LogP contribution in [0.25, 0.3) is 0 Å². The molecule has 0 spiro atoms. The van der Waals surface area contributed by atoms with Crippen molar-refractivity contribution in [1.29, 1.82) is 0 Å². The SMILES string of the molecule is NC(CCN1C(=O)c2ccccc2C1=O)Cc1ccc(Cl)nc1. The van der Waals surface area contributed by atoms with Gasteiger partial charge in [0.25, 0.3) is 11.8 Å². The summed E-state index contributed by atoms with van der Waals surface area (Å²) in [6.07, 6.45) is 2.84. The Kier molecular flexibility index (Phi) is 4.41. The van der Waals surface area contributed by atoms with Crippen molar-refractivity contribution in [3.05, 3.63) is 64.4 Å². The number of imide groups is 1. The van der Waals surface area contributed by atoms with E-state index in [4.69, 9.17) is 17.3 Å². The molecule has 1 aliphatic heterocycles. The van der Waals surface area contributed by atoms with Gasteiger partial charge in [-0.05, 0) is 36.6 Å². The number of amides is 2. The molecule has 1 atom stereocenters. The Morgan fingerprint density at radius 3 is 2.30 bits per heavy atom. The predicted molar refractivity (Wildman–Crippen MR) is 87.4 cm³/mol. The van der Waals surface area contributed by atoms with Crippen molar-refractivity contribution in [1.82, 2.24) is 9.88 Å². The minimum absolute atomic E-state index is 0.165. The van der Waals surface area contributed by atoms with Gasteiger partial charge in [0, 0.05) is 18.8 Å². The van der Waals surface area contributed by atoms with Crippen molar-refractivity contribution < 1.29 is 9.59 Å². The molecule has 0 saturated carbocycles. The van der Waals surface area contributed by atoms with E-state index in [1.807, 2.05) is 6.07 Å². The zero-order chi connectivity index (χ0) is 16.4. The van der Waals surface area contributed by atoms with Crippen molar-refractivity contribution in [2.24, 2.45) is 5.73 Å². The summed E-state index contributed by atoms with van der Waals surface area (Å²) in [4.78, 5) is 29.8. The summed E-state index contributed by atoms with van der Waals surface area (Å²) >= 11 is 5.75. The van der Waals surface area contributed by atoms with E-state index >= 15 is 0 Å². The maximum atomic E-state index is 12.3. The molecule has 23 heavy (non-hydrogen) atoms. The number of fused-ring (bicyclic) bond motifs is 1. The number of carbonyl (C=O) groups is 2. The molecule has 0 fully saturated rings. The van der Waals surface area contributed by atoms with E-state index in [0.29, 0.717) is 35.7 Å². The first-order valence-electron chi connectivity index (χ1n) is 7.37. The summed E-state index contributed by atoms with van der Waals surface area (Å²) < 4.78 is 0. The Balaban J connectivity index is 1.59. The fraction of sp³-hybridized carbons (Fsp3) is 0.235. The molecule has 2 heterocycles. The molecular formula is C17H16ClN3O2. The Bertz CT molecular complexity index is 711. The quantitative estimate of drug-likeness (QED) is 0.674. The van der Waals surface area contributed by atoms with Crippen LogP contribution in [0.15, 0.2) is 42.6 Å². The average Bonchev–Trinajstić information content (AvgIpc) is 2.80. The molecule has 5 nitrogen and oxygen atoms in total. The predicted octanol–water partition coefficient (Wildman–Crippen LogP) is 2.29. The summed E-state index contributed by atoms with van der Waals surface area (Å²) in [6.45, 7) is 0.314. The summed E-state index contributed by atoms with van der Waals surface area (Å²) in [7, 11) is 0. The number of nitrogens with zero attached hydrogens (tertiary/aromatic N) is 2. The van der Waals surface area contributed by atoms with Crippen LogP contribution >= 0.6 is 11.6 Å². The smallest absolute Gasteiger partial charge is 0.261 e. The minimum Gasteiger partial charge on any atom is -0.327 e. The number of nitrogens with two attached hydrogens (primary N) is 1. The van der Waals surface area contributed by atoms with Crippen LogP contribution in [0.2, 0.25) is 5.15 Å². The van der Waals surface area contributed by atoms with Crippen molar-refractivity contribution in [3.8, 4) is 0 Å².